The number of likely N-dealkylation sites (tertiary alicyclic amines) is 1. The number of aromatic nitrogens is 1. The molecule has 2 saturated heterocycles. The number of carbonyl (C=O) groups excluding carboxylic acids is 4. The number of nitrogens with two attached hydrogens (primary N) is 2. The highest BCUT2D eigenvalue weighted by Crippen LogP contribution is 2.35. The third-order valence-electron chi connectivity index (χ3n) is 4.57. The van der Waals surface area contributed by atoms with E-state index in [2.05, 4.69) is 0 Å². The van der Waals surface area contributed by atoms with Gasteiger partial charge in [-0.25, -0.2) is 4.31 Å². The minimum Gasteiger partial charge on any atom is -0.366 e. The van der Waals surface area contributed by atoms with Crippen LogP contribution in [0.1, 0.15) is 27.1 Å². The fourth-order valence-electron chi connectivity index (χ4n) is 3.39. The zero-order valence-electron chi connectivity index (χ0n) is 13.8. The smallest absolute Gasteiger partial charge is 0.362 e. The molecule has 0 radical (unpaired) electrons. The Hall–Kier alpha value is -3.06. The van der Waals surface area contributed by atoms with Crippen LogP contribution in [0.4, 0.5) is 0 Å². The van der Waals surface area contributed by atoms with Crippen LogP contribution in [0.5, 0.6) is 0 Å². The van der Waals surface area contributed by atoms with Crippen molar-refractivity contribution in [3.05, 3.63) is 29.6 Å². The molecule has 5 N–H and O–H groups in total. The maximum atomic E-state index is 12.5. The van der Waals surface area contributed by atoms with Crippen molar-refractivity contribution in [3.8, 4) is 0 Å². The van der Waals surface area contributed by atoms with E-state index in [1.54, 1.807) is 0 Å². The van der Waals surface area contributed by atoms with Gasteiger partial charge < -0.3 is 16.4 Å². The summed E-state index contributed by atoms with van der Waals surface area (Å²) in [4.78, 5) is 48.5. The van der Waals surface area contributed by atoms with E-state index in [9.17, 15) is 27.6 Å². The number of hydrogen-bond acceptors (Lipinski definition) is 6. The van der Waals surface area contributed by atoms with E-state index in [0.717, 1.165) is 0 Å². The number of carbonyl (C=O) groups is 4. The summed E-state index contributed by atoms with van der Waals surface area (Å²) in [5, 5.41) is 0. The highest BCUT2D eigenvalue weighted by atomic mass is 32.2. The summed E-state index contributed by atoms with van der Waals surface area (Å²) in [7, 11) is -4.66. The lowest BCUT2D eigenvalue weighted by Gasteiger charge is -2.42. The normalized spacial score (nSPS) is 21.6. The molecule has 0 spiro atoms. The van der Waals surface area contributed by atoms with E-state index < -0.39 is 46.0 Å². The average Bonchev–Trinajstić information content (AvgIpc) is 2.91. The van der Waals surface area contributed by atoms with Gasteiger partial charge >= 0.3 is 10.3 Å². The molecule has 27 heavy (non-hydrogen) atoms. The van der Waals surface area contributed by atoms with Crippen LogP contribution in [0.15, 0.2) is 18.5 Å². The molecule has 0 aromatic carbocycles. The lowest BCUT2D eigenvalue weighted by atomic mass is 10.0. The zero-order valence-corrected chi connectivity index (χ0v) is 14.6. The number of pyridine rings is 1. The van der Waals surface area contributed by atoms with E-state index in [1.165, 1.54) is 27.9 Å². The fourth-order valence-corrected chi connectivity index (χ4v) is 4.29. The molecule has 0 aliphatic carbocycles. The zero-order chi connectivity index (χ0) is 20.1. The Morgan fingerprint density at radius 2 is 1.85 bits per heavy atom. The second-order valence-corrected chi connectivity index (χ2v) is 7.46. The molecule has 3 rings (SSSR count). The van der Waals surface area contributed by atoms with Gasteiger partial charge in [0.05, 0.1) is 11.6 Å². The molecule has 144 valence electrons. The number of fused-ring (bicyclic) bond motifs is 1. The fraction of sp³-hybridized carbons (Fsp3) is 0.357. The van der Waals surface area contributed by atoms with Crippen LogP contribution in [0.2, 0.25) is 0 Å². The number of primary amides is 2. The largest absolute Gasteiger partial charge is 0.366 e. The molecular weight excluding hydrogens is 382 g/mol. The van der Waals surface area contributed by atoms with Crippen LogP contribution in [0.3, 0.4) is 0 Å². The van der Waals surface area contributed by atoms with E-state index in [-0.39, 0.29) is 30.6 Å². The summed E-state index contributed by atoms with van der Waals surface area (Å²) >= 11 is 0. The summed E-state index contributed by atoms with van der Waals surface area (Å²) in [5.74, 6) is -3.13. The van der Waals surface area contributed by atoms with Crippen molar-refractivity contribution in [2.75, 3.05) is 6.54 Å². The second kappa shape index (κ2) is 6.28. The van der Waals surface area contributed by atoms with E-state index in [1.807, 2.05) is 0 Å². The van der Waals surface area contributed by atoms with Gasteiger partial charge in [0.2, 0.25) is 12.5 Å². The minimum absolute atomic E-state index is 0.0922. The molecule has 3 heterocycles. The van der Waals surface area contributed by atoms with Crippen molar-refractivity contribution in [3.63, 3.8) is 0 Å². The lowest BCUT2D eigenvalue weighted by molar-refractivity contribution is -0.685. The quantitative estimate of drug-likeness (QED) is 0.264. The van der Waals surface area contributed by atoms with Crippen molar-refractivity contribution in [2.24, 2.45) is 11.5 Å². The van der Waals surface area contributed by atoms with Crippen LogP contribution in [0, 0.1) is 0 Å². The monoisotopic (exact) mass is 398 g/mol. The summed E-state index contributed by atoms with van der Waals surface area (Å²) in [6.45, 7) is -0.143. The molecule has 2 aliphatic heterocycles. The maximum Gasteiger partial charge on any atom is 0.362 e. The highest BCUT2D eigenvalue weighted by molar-refractivity contribution is 7.84. The van der Waals surface area contributed by atoms with Gasteiger partial charge in [-0.2, -0.15) is 13.0 Å². The molecule has 0 bridgehead atoms. The van der Waals surface area contributed by atoms with Gasteiger partial charge in [-0.1, -0.05) is 0 Å². The Kier molecular flexibility index (Phi) is 4.35. The average molecular weight is 398 g/mol. The molecule has 1 aromatic heterocycles. The molecule has 0 saturated carbocycles. The van der Waals surface area contributed by atoms with Crippen molar-refractivity contribution in [2.45, 2.75) is 25.0 Å². The Bertz CT molecular complexity index is 976. The van der Waals surface area contributed by atoms with E-state index in [0.29, 0.717) is 4.31 Å². The van der Waals surface area contributed by atoms with Crippen LogP contribution in [-0.4, -0.2) is 64.4 Å². The van der Waals surface area contributed by atoms with Gasteiger partial charge in [0.15, 0.2) is 12.4 Å². The van der Waals surface area contributed by atoms with Crippen LogP contribution < -0.4 is 16.0 Å². The van der Waals surface area contributed by atoms with Gasteiger partial charge in [-0.05, 0) is 6.42 Å². The van der Waals surface area contributed by atoms with Gasteiger partial charge in [-0.3, -0.25) is 23.7 Å². The van der Waals surface area contributed by atoms with E-state index >= 15 is 0 Å². The molecule has 1 aromatic rings. The molecular formula is C14H16N5O7S+. The topological polar surface area (TPSA) is 185 Å². The van der Waals surface area contributed by atoms with Gasteiger partial charge in [0.1, 0.15) is 11.6 Å². The first-order chi connectivity index (χ1) is 12.5. The van der Waals surface area contributed by atoms with Crippen molar-refractivity contribution in [1.82, 2.24) is 9.21 Å². The summed E-state index contributed by atoms with van der Waals surface area (Å²) in [6.07, 6.45) is 2.76. The lowest BCUT2D eigenvalue weighted by Crippen LogP contribution is -2.68. The third-order valence-corrected chi connectivity index (χ3v) is 5.52. The van der Waals surface area contributed by atoms with Crippen LogP contribution in [-0.2, 0) is 26.4 Å². The molecule has 4 amide bonds. The van der Waals surface area contributed by atoms with Crippen LogP contribution in [0.25, 0.3) is 0 Å². The first-order valence-corrected chi connectivity index (χ1v) is 9.15. The Balaban J connectivity index is 1.78. The SMILES string of the molecule is NC(=O)c1cc[n+](CC(=O)N2CC[C@@H]3[C@H]2C(=O)N3S(=O)(=O)O)cc1C(N)=O. The Morgan fingerprint density at radius 1 is 1.22 bits per heavy atom. The van der Waals surface area contributed by atoms with Crippen molar-refractivity contribution < 1.29 is 36.7 Å². The molecule has 2 atom stereocenters. The summed E-state index contributed by atoms with van der Waals surface area (Å²) in [5.41, 5.74) is 10.1. The predicted molar refractivity (Wildman–Crippen MR) is 86.0 cm³/mol. The van der Waals surface area contributed by atoms with Gasteiger partial charge in [0.25, 0.3) is 17.7 Å². The first-order valence-electron chi connectivity index (χ1n) is 7.75. The van der Waals surface area contributed by atoms with Gasteiger partial charge in [0, 0.05) is 12.6 Å². The predicted octanol–water partition coefficient (Wildman–Crippen LogP) is -3.21. The van der Waals surface area contributed by atoms with Crippen molar-refractivity contribution in [1.29, 1.82) is 0 Å². The standard InChI is InChI=1S/C14H15N5O7S/c15-12(21)7-1-3-17(5-8(7)13(16)22)6-10(20)18-4-2-9-11(18)14(23)19(9)27(24,25)26/h1,3,5,9,11H,2,4,6H2,(H4-,15,16,21,22,24,25,26)/p+1/t9-,11+/m1/s1. The minimum atomic E-state index is -4.66. The van der Waals surface area contributed by atoms with Crippen LogP contribution >= 0.6 is 0 Å². The molecule has 2 aliphatic rings. The van der Waals surface area contributed by atoms with Gasteiger partial charge in [-0.15, -0.1) is 0 Å². The van der Waals surface area contributed by atoms with E-state index in [4.69, 9.17) is 16.0 Å². The summed E-state index contributed by atoms with van der Waals surface area (Å²) < 4.78 is 33.1. The second-order valence-electron chi connectivity index (χ2n) is 6.17. The highest BCUT2D eigenvalue weighted by Gasteiger charge is 2.60. The maximum absolute atomic E-state index is 12.5. The molecule has 13 heteroatoms. The number of nitrogens with zero attached hydrogens (tertiary/aromatic N) is 3. The Labute approximate surface area is 153 Å². The summed E-state index contributed by atoms with van der Waals surface area (Å²) in [6, 6.07) is -0.503. The first kappa shape index (κ1) is 18.7. The third kappa shape index (κ3) is 3.10. The molecule has 12 nitrogen and oxygen atoms in total. The number of amides is 4. The number of β-lactam (4-membered cyclic amide) rings is 1. The Morgan fingerprint density at radius 3 is 2.41 bits per heavy atom. The number of rotatable bonds is 5. The van der Waals surface area contributed by atoms with Crippen molar-refractivity contribution >= 4 is 33.9 Å². The molecule has 0 unspecified atom stereocenters. The number of hydrogen-bond donors (Lipinski definition) is 3. The molecule has 2 fully saturated rings.